The van der Waals surface area contributed by atoms with Crippen molar-refractivity contribution in [3.8, 4) is 0 Å². The average molecular weight is 263 g/mol. The number of carbonyl (C=O) groups excluding carboxylic acids is 2. The lowest BCUT2D eigenvalue weighted by atomic mass is 9.99. The second-order valence-electron chi connectivity index (χ2n) is 4.53. The Morgan fingerprint density at radius 3 is 2.63 bits per heavy atom. The highest BCUT2D eigenvalue weighted by atomic mass is 16.6. The van der Waals surface area contributed by atoms with Gasteiger partial charge in [-0.3, -0.25) is 14.9 Å². The highest BCUT2D eigenvalue weighted by molar-refractivity contribution is 6.23. The molecule has 0 bridgehead atoms. The smallest absolute Gasteiger partial charge is 0.323 e. The molecule has 1 N–H and O–H groups in total. The molecule has 0 spiro atoms. The van der Waals surface area contributed by atoms with Gasteiger partial charge in [0.2, 0.25) is 0 Å². The first-order valence-electron chi connectivity index (χ1n) is 5.80. The summed E-state index contributed by atoms with van der Waals surface area (Å²) in [6, 6.07) is 4.89. The number of benzene rings is 1. The predicted molar refractivity (Wildman–Crippen MR) is 67.8 cm³/mol. The Labute approximate surface area is 109 Å². The Kier molecular flexibility index (Phi) is 2.97. The van der Waals surface area contributed by atoms with E-state index in [9.17, 15) is 19.7 Å². The van der Waals surface area contributed by atoms with Gasteiger partial charge in [0, 0.05) is 12.1 Å². The van der Waals surface area contributed by atoms with E-state index in [1.807, 2.05) is 0 Å². The first-order chi connectivity index (χ1) is 8.89. The molecule has 2 rings (SSSR count). The van der Waals surface area contributed by atoms with Crippen molar-refractivity contribution in [1.29, 1.82) is 0 Å². The van der Waals surface area contributed by atoms with E-state index in [0.717, 1.165) is 4.90 Å². The largest absolute Gasteiger partial charge is 0.329 e. The summed E-state index contributed by atoms with van der Waals surface area (Å²) in [4.78, 5) is 35.2. The molecule has 1 saturated heterocycles. The molecule has 1 aromatic carbocycles. The van der Waals surface area contributed by atoms with Crippen LogP contribution in [0.5, 0.6) is 0 Å². The van der Waals surface area contributed by atoms with Crippen molar-refractivity contribution >= 4 is 23.3 Å². The van der Waals surface area contributed by atoms with Gasteiger partial charge in [-0.15, -0.1) is 0 Å². The van der Waals surface area contributed by atoms with Gasteiger partial charge in [-0.05, 0) is 19.4 Å². The third-order valence-corrected chi connectivity index (χ3v) is 3.27. The van der Waals surface area contributed by atoms with Gasteiger partial charge in [-0.25, -0.2) is 9.69 Å². The molecule has 0 radical (unpaired) electrons. The lowest BCUT2D eigenvalue weighted by molar-refractivity contribution is -0.384. The number of hydrogen-bond donors (Lipinski definition) is 1. The van der Waals surface area contributed by atoms with E-state index in [4.69, 9.17) is 0 Å². The van der Waals surface area contributed by atoms with Crippen LogP contribution in [0.1, 0.15) is 20.3 Å². The number of nitro benzene ring substituents is 1. The number of nitrogens with one attached hydrogen (secondary N) is 1. The predicted octanol–water partition coefficient (Wildman–Crippen LogP) is 1.82. The van der Waals surface area contributed by atoms with Crippen LogP contribution in [0.4, 0.5) is 16.2 Å². The molecule has 1 fully saturated rings. The SMILES string of the molecule is CCC1(C)NC(=O)N(c2cccc([N+](=O)[O-])c2)C1=O. The fraction of sp³-hybridized carbons (Fsp3) is 0.333. The van der Waals surface area contributed by atoms with Gasteiger partial charge >= 0.3 is 6.03 Å². The van der Waals surface area contributed by atoms with E-state index in [-0.39, 0.29) is 11.4 Å². The van der Waals surface area contributed by atoms with Gasteiger partial charge in [-0.1, -0.05) is 13.0 Å². The number of nitro groups is 1. The Hall–Kier alpha value is -2.44. The minimum atomic E-state index is -0.957. The van der Waals surface area contributed by atoms with Crippen LogP contribution in [0.3, 0.4) is 0 Å². The van der Waals surface area contributed by atoms with Crippen LogP contribution < -0.4 is 10.2 Å². The van der Waals surface area contributed by atoms with Crippen LogP contribution in [0.25, 0.3) is 0 Å². The molecule has 1 aliphatic heterocycles. The van der Waals surface area contributed by atoms with Crippen molar-refractivity contribution in [1.82, 2.24) is 5.32 Å². The summed E-state index contributed by atoms with van der Waals surface area (Å²) in [7, 11) is 0. The normalized spacial score (nSPS) is 22.5. The van der Waals surface area contributed by atoms with Crippen molar-refractivity contribution in [2.24, 2.45) is 0 Å². The summed E-state index contributed by atoms with van der Waals surface area (Å²) in [5, 5.41) is 13.3. The van der Waals surface area contributed by atoms with Crippen molar-refractivity contribution in [2.75, 3.05) is 4.90 Å². The number of anilines is 1. The third kappa shape index (κ3) is 2.03. The van der Waals surface area contributed by atoms with Crippen molar-refractivity contribution in [3.05, 3.63) is 34.4 Å². The number of non-ortho nitro benzene ring substituents is 1. The zero-order chi connectivity index (χ0) is 14.2. The summed E-state index contributed by atoms with van der Waals surface area (Å²) >= 11 is 0. The van der Waals surface area contributed by atoms with Gasteiger partial charge in [0.05, 0.1) is 10.6 Å². The number of carbonyl (C=O) groups is 2. The maximum atomic E-state index is 12.2. The second kappa shape index (κ2) is 4.34. The molecule has 3 amide bonds. The van der Waals surface area contributed by atoms with E-state index >= 15 is 0 Å². The fourth-order valence-corrected chi connectivity index (χ4v) is 1.90. The van der Waals surface area contributed by atoms with Crippen LogP contribution >= 0.6 is 0 Å². The molecule has 1 unspecified atom stereocenters. The van der Waals surface area contributed by atoms with Crippen LogP contribution in [0.2, 0.25) is 0 Å². The fourth-order valence-electron chi connectivity index (χ4n) is 1.90. The molecular formula is C12H13N3O4. The molecule has 7 heteroatoms. The molecule has 1 atom stereocenters. The minimum absolute atomic E-state index is 0.164. The third-order valence-electron chi connectivity index (χ3n) is 3.27. The molecule has 1 heterocycles. The zero-order valence-electron chi connectivity index (χ0n) is 10.5. The van der Waals surface area contributed by atoms with E-state index in [1.54, 1.807) is 13.8 Å². The van der Waals surface area contributed by atoms with E-state index in [2.05, 4.69) is 5.32 Å². The lowest BCUT2D eigenvalue weighted by Crippen LogP contribution is -2.43. The van der Waals surface area contributed by atoms with Crippen molar-refractivity contribution in [2.45, 2.75) is 25.8 Å². The van der Waals surface area contributed by atoms with E-state index < -0.39 is 22.4 Å². The molecule has 1 aliphatic rings. The number of hydrogen-bond acceptors (Lipinski definition) is 4. The van der Waals surface area contributed by atoms with Crippen LogP contribution in [-0.4, -0.2) is 22.4 Å². The average Bonchev–Trinajstić information content (AvgIpc) is 2.61. The monoisotopic (exact) mass is 263 g/mol. The summed E-state index contributed by atoms with van der Waals surface area (Å²) in [6.45, 7) is 3.42. The number of rotatable bonds is 3. The van der Waals surface area contributed by atoms with E-state index in [1.165, 1.54) is 24.3 Å². The summed E-state index contributed by atoms with van der Waals surface area (Å²) in [6.07, 6.45) is 0.447. The molecule has 0 aromatic heterocycles. The Morgan fingerprint density at radius 2 is 2.11 bits per heavy atom. The summed E-state index contributed by atoms with van der Waals surface area (Å²) in [5.74, 6) is -0.402. The van der Waals surface area contributed by atoms with Gasteiger partial charge in [0.1, 0.15) is 5.54 Å². The van der Waals surface area contributed by atoms with Crippen LogP contribution in [0.15, 0.2) is 24.3 Å². The highest BCUT2D eigenvalue weighted by Crippen LogP contribution is 2.28. The lowest BCUT2D eigenvalue weighted by Gasteiger charge is -2.19. The molecule has 0 aliphatic carbocycles. The summed E-state index contributed by atoms with van der Waals surface area (Å²) in [5.41, 5.74) is -0.918. The first kappa shape index (κ1) is 13.0. The van der Waals surface area contributed by atoms with Crippen LogP contribution in [0, 0.1) is 10.1 Å². The molecular weight excluding hydrogens is 250 g/mol. The number of urea groups is 1. The first-order valence-corrected chi connectivity index (χ1v) is 5.80. The van der Waals surface area contributed by atoms with Crippen molar-refractivity contribution in [3.63, 3.8) is 0 Å². The molecule has 100 valence electrons. The van der Waals surface area contributed by atoms with Gasteiger partial charge < -0.3 is 5.32 Å². The van der Waals surface area contributed by atoms with Gasteiger partial charge in [-0.2, -0.15) is 0 Å². The maximum absolute atomic E-state index is 12.2. The standard InChI is InChI=1S/C12H13N3O4/c1-3-12(2)10(16)14(11(17)13-12)8-5-4-6-9(7-8)15(18)19/h4-7H,3H2,1-2H3,(H,13,17). The minimum Gasteiger partial charge on any atom is -0.323 e. The Bertz CT molecular complexity index is 572. The zero-order valence-corrected chi connectivity index (χ0v) is 10.5. The van der Waals surface area contributed by atoms with E-state index in [0.29, 0.717) is 6.42 Å². The van der Waals surface area contributed by atoms with Gasteiger partial charge in [0.25, 0.3) is 11.6 Å². The summed E-state index contributed by atoms with van der Waals surface area (Å²) < 4.78 is 0. The van der Waals surface area contributed by atoms with Crippen LogP contribution in [-0.2, 0) is 4.79 Å². The maximum Gasteiger partial charge on any atom is 0.329 e. The quantitative estimate of drug-likeness (QED) is 0.511. The molecule has 19 heavy (non-hydrogen) atoms. The molecule has 0 saturated carbocycles. The number of amides is 3. The second-order valence-corrected chi connectivity index (χ2v) is 4.53. The molecule has 1 aromatic rings. The van der Waals surface area contributed by atoms with Gasteiger partial charge in [0.15, 0.2) is 0 Å². The Morgan fingerprint density at radius 1 is 1.42 bits per heavy atom. The number of nitrogens with zero attached hydrogens (tertiary/aromatic N) is 2. The van der Waals surface area contributed by atoms with Crippen molar-refractivity contribution < 1.29 is 14.5 Å². The number of imide groups is 1. The molecule has 7 nitrogen and oxygen atoms in total. The Balaban J connectivity index is 2.42. The topological polar surface area (TPSA) is 92.6 Å². The highest BCUT2D eigenvalue weighted by Gasteiger charge is 2.47.